The van der Waals surface area contributed by atoms with Crippen LogP contribution >= 0.6 is 0 Å². The molecule has 0 fully saturated rings. The number of nitrogens with zero attached hydrogens (tertiary/aromatic N) is 5. The van der Waals surface area contributed by atoms with E-state index in [0.717, 1.165) is 10.8 Å². The minimum absolute atomic E-state index is 0.0444. The van der Waals surface area contributed by atoms with Crippen molar-refractivity contribution in [1.82, 2.24) is 9.13 Å². The maximum absolute atomic E-state index is 14.0. The van der Waals surface area contributed by atoms with Crippen LogP contribution < -0.4 is 0 Å². The second-order valence-electron chi connectivity index (χ2n) is 11.8. The molecule has 248 valence electrons. The van der Waals surface area contributed by atoms with E-state index in [-0.39, 0.29) is 22.9 Å². The molecule has 0 saturated carbocycles. The third-order valence-electron chi connectivity index (χ3n) is 8.72. The first kappa shape index (κ1) is 32.8. The van der Waals surface area contributed by atoms with Gasteiger partial charge in [-0.1, -0.05) is 36.4 Å². The summed E-state index contributed by atoms with van der Waals surface area (Å²) >= 11 is 0. The molecule has 0 aliphatic rings. The summed E-state index contributed by atoms with van der Waals surface area (Å²) in [5.74, 6) is 0. The fourth-order valence-corrected chi connectivity index (χ4v) is 6.53. The van der Waals surface area contributed by atoms with E-state index >= 15 is 0 Å². The van der Waals surface area contributed by atoms with Gasteiger partial charge in [0.1, 0.15) is 0 Å². The third kappa shape index (κ3) is 5.53. The summed E-state index contributed by atoms with van der Waals surface area (Å²) in [7, 11) is 0. The van der Waals surface area contributed by atoms with Gasteiger partial charge in [0, 0.05) is 27.4 Å². The minimum Gasteiger partial charge on any atom is -0.308 e. The number of rotatable bonds is 4. The van der Waals surface area contributed by atoms with Gasteiger partial charge in [-0.25, -0.2) is 0 Å². The van der Waals surface area contributed by atoms with E-state index in [1.807, 2.05) is 34.9 Å². The van der Waals surface area contributed by atoms with Crippen LogP contribution in [0, 0.1) is 34.0 Å². The van der Waals surface area contributed by atoms with Crippen molar-refractivity contribution in [3.63, 3.8) is 0 Å². The fourth-order valence-electron chi connectivity index (χ4n) is 6.53. The predicted molar refractivity (Wildman–Crippen MR) is 182 cm³/mol. The second-order valence-corrected chi connectivity index (χ2v) is 11.8. The average Bonchev–Trinajstić information content (AvgIpc) is 3.64. The smallest absolute Gasteiger partial charge is 0.308 e. The molecule has 51 heavy (non-hydrogen) atoms. The van der Waals surface area contributed by atoms with E-state index in [1.165, 1.54) is 12.1 Å². The average molecular weight is 686 g/mol. The Kier molecular flexibility index (Phi) is 7.69. The topological polar surface area (TPSA) is 81.2 Å². The van der Waals surface area contributed by atoms with Gasteiger partial charge in [-0.15, -0.1) is 0 Å². The highest BCUT2D eigenvalue weighted by Gasteiger charge is 2.37. The molecule has 0 aliphatic carbocycles. The van der Waals surface area contributed by atoms with Crippen LogP contribution in [0.15, 0.2) is 103 Å². The standard InChI is InChI=1S/C40H21F6N5/c1-2-5-30-16-25-10-8-23(20-47)12-35(25)50(30)38-19-33(26-14-28(39(41,42)43)18-29(15-26)40(44,45)46)27(22-49)17-37(38)51-34-7-4-3-6-31(34)32-11-9-24(21-48)13-36(32)51/h2-19H,1H3/b5-2-. The van der Waals surface area contributed by atoms with E-state index < -0.39 is 29.0 Å². The third-order valence-corrected chi connectivity index (χ3v) is 8.72. The highest BCUT2D eigenvalue weighted by atomic mass is 19.4. The number of alkyl halides is 6. The van der Waals surface area contributed by atoms with Gasteiger partial charge in [-0.3, -0.25) is 0 Å². The molecule has 0 saturated heterocycles. The number of nitriles is 3. The van der Waals surface area contributed by atoms with Crippen molar-refractivity contribution in [3.05, 3.63) is 137 Å². The van der Waals surface area contributed by atoms with Gasteiger partial charge in [0.2, 0.25) is 0 Å². The van der Waals surface area contributed by atoms with Crippen LogP contribution in [0.4, 0.5) is 26.3 Å². The summed E-state index contributed by atoms with van der Waals surface area (Å²) in [6.07, 6.45) is -6.69. The molecule has 5 aromatic carbocycles. The molecule has 2 heterocycles. The van der Waals surface area contributed by atoms with Crippen molar-refractivity contribution < 1.29 is 26.3 Å². The van der Waals surface area contributed by atoms with Gasteiger partial charge in [0.25, 0.3) is 0 Å². The summed E-state index contributed by atoms with van der Waals surface area (Å²) in [5.41, 5.74) is -0.214. The first-order valence-corrected chi connectivity index (χ1v) is 15.4. The van der Waals surface area contributed by atoms with Gasteiger partial charge >= 0.3 is 12.4 Å². The second kappa shape index (κ2) is 12.0. The quantitative estimate of drug-likeness (QED) is 0.173. The number of fused-ring (bicyclic) bond motifs is 4. The van der Waals surface area contributed by atoms with Crippen molar-refractivity contribution in [1.29, 1.82) is 15.8 Å². The normalized spacial score (nSPS) is 12.1. The van der Waals surface area contributed by atoms with E-state index in [1.54, 1.807) is 66.1 Å². The zero-order chi connectivity index (χ0) is 36.2. The molecule has 0 atom stereocenters. The fraction of sp³-hybridized carbons (Fsp3) is 0.0750. The summed E-state index contributed by atoms with van der Waals surface area (Å²) in [5, 5.41) is 32.3. The Morgan fingerprint density at radius 1 is 0.588 bits per heavy atom. The zero-order valence-corrected chi connectivity index (χ0v) is 26.4. The van der Waals surface area contributed by atoms with Gasteiger partial charge in [-0.05, 0) is 85.3 Å². The molecule has 0 aliphatic heterocycles. The molecule has 2 aromatic heterocycles. The summed E-state index contributed by atoms with van der Waals surface area (Å²) in [4.78, 5) is 0. The molecule has 7 rings (SSSR count). The lowest BCUT2D eigenvalue weighted by Gasteiger charge is -2.21. The Morgan fingerprint density at radius 2 is 1.20 bits per heavy atom. The Morgan fingerprint density at radius 3 is 1.82 bits per heavy atom. The Balaban J connectivity index is 1.69. The van der Waals surface area contributed by atoms with Gasteiger partial charge in [-0.2, -0.15) is 42.1 Å². The van der Waals surface area contributed by atoms with Crippen molar-refractivity contribution in [2.45, 2.75) is 19.3 Å². The molecule has 5 nitrogen and oxygen atoms in total. The number of benzene rings is 5. The molecule has 0 spiro atoms. The van der Waals surface area contributed by atoms with Crippen LogP contribution in [0.25, 0.3) is 61.3 Å². The number of halogens is 6. The van der Waals surface area contributed by atoms with Crippen LogP contribution in [0.2, 0.25) is 0 Å². The van der Waals surface area contributed by atoms with Crippen LogP contribution in [0.1, 0.15) is 40.4 Å². The van der Waals surface area contributed by atoms with Crippen LogP contribution in [-0.2, 0) is 12.4 Å². The summed E-state index contributed by atoms with van der Waals surface area (Å²) in [6, 6.07) is 29.7. The van der Waals surface area contributed by atoms with Crippen molar-refractivity contribution >= 4 is 38.8 Å². The zero-order valence-electron chi connectivity index (χ0n) is 26.4. The molecular formula is C40H21F6N5. The number of aromatic nitrogens is 2. The monoisotopic (exact) mass is 685 g/mol. The van der Waals surface area contributed by atoms with Crippen LogP contribution in [0.3, 0.4) is 0 Å². The first-order chi connectivity index (χ1) is 24.4. The molecule has 11 heteroatoms. The van der Waals surface area contributed by atoms with Gasteiger partial charge in [0.05, 0.1) is 73.9 Å². The summed E-state index contributed by atoms with van der Waals surface area (Å²) < 4.78 is 87.8. The first-order valence-electron chi connectivity index (χ1n) is 15.4. The number of para-hydroxylation sites is 1. The number of allylic oxidation sites excluding steroid dienone is 1. The SMILES string of the molecule is C/C=C\c1cc2ccc(C#N)cc2n1-c1cc(-c2cc(C(F)(F)F)cc(C(F)(F)F)c2)c(C#N)cc1-n1c2ccccc2c2ccc(C#N)cc21. The number of hydrogen-bond acceptors (Lipinski definition) is 3. The minimum atomic E-state index is -5.11. The number of hydrogen-bond donors (Lipinski definition) is 0. The van der Waals surface area contributed by atoms with E-state index in [0.29, 0.717) is 56.6 Å². The Bertz CT molecular complexity index is 2690. The molecule has 0 unspecified atom stereocenters. The van der Waals surface area contributed by atoms with E-state index in [2.05, 4.69) is 12.1 Å². The molecule has 0 bridgehead atoms. The lowest BCUT2D eigenvalue weighted by atomic mass is 9.94. The van der Waals surface area contributed by atoms with Crippen LogP contribution in [-0.4, -0.2) is 9.13 Å². The van der Waals surface area contributed by atoms with Crippen molar-refractivity contribution in [2.24, 2.45) is 0 Å². The Labute approximate surface area is 286 Å². The molecule has 0 radical (unpaired) electrons. The molecule has 0 N–H and O–H groups in total. The Hall–Kier alpha value is -6.77. The lowest BCUT2D eigenvalue weighted by molar-refractivity contribution is -0.143. The van der Waals surface area contributed by atoms with Crippen molar-refractivity contribution in [3.8, 4) is 40.7 Å². The van der Waals surface area contributed by atoms with Gasteiger partial charge in [0.15, 0.2) is 0 Å². The maximum atomic E-state index is 14.0. The van der Waals surface area contributed by atoms with E-state index in [9.17, 15) is 42.1 Å². The molecule has 7 aromatic rings. The highest BCUT2D eigenvalue weighted by Crippen LogP contribution is 2.43. The van der Waals surface area contributed by atoms with Crippen LogP contribution in [0.5, 0.6) is 0 Å². The van der Waals surface area contributed by atoms with E-state index in [4.69, 9.17) is 0 Å². The lowest BCUT2D eigenvalue weighted by Crippen LogP contribution is -2.11. The maximum Gasteiger partial charge on any atom is 0.416 e. The molecular weight excluding hydrogens is 664 g/mol. The molecule has 0 amide bonds. The van der Waals surface area contributed by atoms with Gasteiger partial charge < -0.3 is 9.13 Å². The summed E-state index contributed by atoms with van der Waals surface area (Å²) in [6.45, 7) is 1.78. The van der Waals surface area contributed by atoms with Crippen molar-refractivity contribution in [2.75, 3.05) is 0 Å². The highest BCUT2D eigenvalue weighted by molar-refractivity contribution is 6.10. The largest absolute Gasteiger partial charge is 0.416 e. The predicted octanol–water partition coefficient (Wildman–Crippen LogP) is 11.1.